The molecule has 36 heavy (non-hydrogen) atoms. The number of primary amides is 1. The number of nitrogens with one attached hydrogen (secondary N) is 2. The summed E-state index contributed by atoms with van der Waals surface area (Å²) >= 11 is 0. The number of amides is 2. The second-order valence-corrected chi connectivity index (χ2v) is 8.35. The van der Waals surface area contributed by atoms with Gasteiger partial charge in [0.15, 0.2) is 0 Å². The van der Waals surface area contributed by atoms with E-state index < -0.39 is 29.9 Å². The summed E-state index contributed by atoms with van der Waals surface area (Å²) in [6, 6.07) is 25.1. The van der Waals surface area contributed by atoms with Crippen LogP contribution in [0.25, 0.3) is 0 Å². The number of carbonyl (C=O) groups is 2. The van der Waals surface area contributed by atoms with E-state index in [2.05, 4.69) is 10.2 Å². The summed E-state index contributed by atoms with van der Waals surface area (Å²) in [6.07, 6.45) is -0.909. The van der Waals surface area contributed by atoms with Crippen molar-refractivity contribution < 1.29 is 29.5 Å². The zero-order valence-corrected chi connectivity index (χ0v) is 19.7. The number of aliphatic hydroxyl groups excluding tert-OH is 1. The molecule has 6 N–H and O–H groups in total. The van der Waals surface area contributed by atoms with Gasteiger partial charge in [0.2, 0.25) is 11.8 Å². The van der Waals surface area contributed by atoms with Gasteiger partial charge in [0.05, 0.1) is 18.6 Å². The molecule has 1 unspecified atom stereocenters. The summed E-state index contributed by atoms with van der Waals surface area (Å²) in [4.78, 5) is 29.8. The normalized spacial score (nSPS) is 13.4. The van der Waals surface area contributed by atoms with Crippen LogP contribution in [0.1, 0.15) is 16.7 Å². The highest BCUT2D eigenvalue weighted by molar-refractivity contribution is 5.88. The van der Waals surface area contributed by atoms with E-state index in [4.69, 9.17) is 15.7 Å². The van der Waals surface area contributed by atoms with E-state index in [0.717, 1.165) is 16.7 Å². The maximum absolute atomic E-state index is 13.1. The molecule has 0 spiro atoms. The molecule has 190 valence electrons. The van der Waals surface area contributed by atoms with Gasteiger partial charge in [-0.3, -0.25) is 19.6 Å². The number of ether oxygens (including phenoxy) is 1. The molecule has 3 aromatic rings. The summed E-state index contributed by atoms with van der Waals surface area (Å²) < 4.78 is 5.80. The Hall–Kier alpha value is -3.76. The Bertz CT molecular complexity index is 1080. The van der Waals surface area contributed by atoms with Crippen molar-refractivity contribution in [2.45, 2.75) is 31.6 Å². The number of aliphatic hydroxyl groups is 1. The Kier molecular flexibility index (Phi) is 10.4. The van der Waals surface area contributed by atoms with Crippen LogP contribution in [-0.2, 0) is 33.9 Å². The third-order valence-electron chi connectivity index (χ3n) is 5.69. The van der Waals surface area contributed by atoms with Gasteiger partial charge in [0.25, 0.3) is 0 Å². The van der Waals surface area contributed by atoms with Gasteiger partial charge >= 0.3 is 0 Å². The zero-order valence-electron chi connectivity index (χ0n) is 19.7. The molecule has 0 heterocycles. The molecule has 0 fully saturated rings. The van der Waals surface area contributed by atoms with E-state index in [-0.39, 0.29) is 19.4 Å². The second kappa shape index (κ2) is 14.0. The quantitative estimate of drug-likeness (QED) is 0.216. The second-order valence-electron chi connectivity index (χ2n) is 8.35. The van der Waals surface area contributed by atoms with Crippen LogP contribution >= 0.6 is 0 Å². The van der Waals surface area contributed by atoms with Crippen molar-refractivity contribution in [1.82, 2.24) is 11.0 Å². The first-order valence-electron chi connectivity index (χ1n) is 11.5. The largest absolute Gasteiger partial charge is 0.489 e. The van der Waals surface area contributed by atoms with Crippen molar-refractivity contribution in [3.8, 4) is 5.75 Å². The fourth-order valence-electron chi connectivity index (χ4n) is 3.71. The molecule has 2 amide bonds. The molecular weight excluding hydrogens is 462 g/mol. The molecule has 0 aliphatic heterocycles. The maximum Gasteiger partial charge on any atom is 0.240 e. The monoisotopic (exact) mass is 493 g/mol. The van der Waals surface area contributed by atoms with Gasteiger partial charge in [-0.25, -0.2) is 0 Å². The highest BCUT2D eigenvalue weighted by atomic mass is 16.8. The van der Waals surface area contributed by atoms with Crippen LogP contribution < -0.4 is 21.4 Å². The predicted octanol–water partition coefficient (Wildman–Crippen LogP) is 1.91. The molecule has 9 heteroatoms. The number of carbonyl (C=O) groups excluding carboxylic acids is 2. The molecule has 0 radical (unpaired) electrons. The summed E-state index contributed by atoms with van der Waals surface area (Å²) in [5.41, 5.74) is 9.66. The molecule has 0 saturated heterocycles. The third kappa shape index (κ3) is 8.47. The van der Waals surface area contributed by atoms with Crippen LogP contribution in [0.4, 0.5) is 0 Å². The smallest absolute Gasteiger partial charge is 0.240 e. The third-order valence-corrected chi connectivity index (χ3v) is 5.69. The van der Waals surface area contributed by atoms with Gasteiger partial charge in [-0.2, -0.15) is 0 Å². The average molecular weight is 494 g/mol. The van der Waals surface area contributed by atoms with Crippen molar-refractivity contribution in [1.29, 1.82) is 0 Å². The Morgan fingerprint density at radius 3 is 2.00 bits per heavy atom. The summed E-state index contributed by atoms with van der Waals surface area (Å²) in [6.45, 7) is 0.0676. The first kappa shape index (κ1) is 26.8. The first-order chi connectivity index (χ1) is 17.5. The van der Waals surface area contributed by atoms with Crippen LogP contribution in [0.5, 0.6) is 5.75 Å². The highest BCUT2D eigenvalue weighted by Crippen LogP contribution is 2.19. The minimum Gasteiger partial charge on any atom is -0.489 e. The van der Waals surface area contributed by atoms with E-state index in [9.17, 15) is 14.7 Å². The van der Waals surface area contributed by atoms with E-state index >= 15 is 0 Å². The molecule has 3 aromatic carbocycles. The number of hydrogen-bond donors (Lipinski definition) is 5. The fourth-order valence-corrected chi connectivity index (χ4v) is 3.71. The lowest BCUT2D eigenvalue weighted by Crippen LogP contribution is -2.50. The molecule has 0 aliphatic carbocycles. The number of nitrogens with two attached hydrogens (primary N) is 1. The van der Waals surface area contributed by atoms with Crippen molar-refractivity contribution >= 4 is 11.8 Å². The SMILES string of the molecule is NC(=O)[C@H](Cc1ccccc1)NC(=O)[C@H](Cc1ccc(OCc2ccccc2)cc1)C(O)CONO. The molecule has 0 bridgehead atoms. The summed E-state index contributed by atoms with van der Waals surface area (Å²) in [7, 11) is 0. The molecular formula is C27H31N3O6. The molecule has 9 nitrogen and oxygen atoms in total. The summed E-state index contributed by atoms with van der Waals surface area (Å²) in [5.74, 6) is -1.57. The molecule has 0 aliphatic rings. The Labute approximate surface area is 209 Å². The van der Waals surface area contributed by atoms with Crippen LogP contribution in [0.2, 0.25) is 0 Å². The summed E-state index contributed by atoms with van der Waals surface area (Å²) in [5, 5.41) is 22.0. The fraction of sp³-hybridized carbons (Fsp3) is 0.259. The minimum absolute atomic E-state index is 0.150. The lowest BCUT2D eigenvalue weighted by Gasteiger charge is -2.24. The van der Waals surface area contributed by atoms with Crippen molar-refractivity contribution in [3.63, 3.8) is 0 Å². The van der Waals surface area contributed by atoms with Gasteiger partial charge in [0.1, 0.15) is 18.4 Å². The Morgan fingerprint density at radius 2 is 1.42 bits per heavy atom. The lowest BCUT2D eigenvalue weighted by atomic mass is 9.92. The standard InChI is InChI=1S/C27H31N3O6/c28-26(32)24(16-19-7-3-1-4-8-19)29-27(33)23(25(31)18-36-30-34)15-20-11-13-22(14-12-20)35-17-21-9-5-2-6-10-21/h1-14,23-25,30-31,34H,15-18H2,(H2,28,32)(H,29,33)/t23-,24+,25?/m1/s1. The number of rotatable bonds is 14. The topological polar surface area (TPSA) is 143 Å². The lowest BCUT2D eigenvalue weighted by molar-refractivity contribution is -0.158. The Morgan fingerprint density at radius 1 is 0.833 bits per heavy atom. The van der Waals surface area contributed by atoms with Crippen LogP contribution in [0.3, 0.4) is 0 Å². The van der Waals surface area contributed by atoms with Gasteiger partial charge < -0.3 is 20.9 Å². The highest BCUT2D eigenvalue weighted by Gasteiger charge is 2.30. The maximum atomic E-state index is 13.1. The van der Waals surface area contributed by atoms with Gasteiger partial charge in [0, 0.05) is 6.42 Å². The molecule has 3 atom stereocenters. The van der Waals surface area contributed by atoms with Crippen LogP contribution in [0, 0.1) is 5.92 Å². The number of benzene rings is 3. The minimum atomic E-state index is -1.27. The Balaban J connectivity index is 1.67. The zero-order chi connectivity index (χ0) is 25.8. The van der Waals surface area contributed by atoms with Crippen molar-refractivity contribution in [3.05, 3.63) is 102 Å². The average Bonchev–Trinajstić information content (AvgIpc) is 2.90. The molecule has 3 rings (SSSR count). The van der Waals surface area contributed by atoms with Crippen LogP contribution in [0.15, 0.2) is 84.9 Å². The van der Waals surface area contributed by atoms with Crippen molar-refractivity contribution in [2.24, 2.45) is 11.7 Å². The molecule has 0 saturated carbocycles. The van der Waals surface area contributed by atoms with Gasteiger partial charge in [-0.05, 0) is 35.2 Å². The van der Waals surface area contributed by atoms with Crippen molar-refractivity contribution in [2.75, 3.05) is 6.61 Å². The van der Waals surface area contributed by atoms with Gasteiger partial charge in [-0.15, -0.1) is 0 Å². The van der Waals surface area contributed by atoms with E-state index in [0.29, 0.717) is 12.4 Å². The molecule has 0 aromatic heterocycles. The number of hydrogen-bond acceptors (Lipinski definition) is 7. The van der Waals surface area contributed by atoms with E-state index in [1.54, 1.807) is 24.3 Å². The predicted molar refractivity (Wildman–Crippen MR) is 133 cm³/mol. The first-order valence-corrected chi connectivity index (χ1v) is 11.5. The van der Waals surface area contributed by atoms with E-state index in [1.807, 2.05) is 60.7 Å². The van der Waals surface area contributed by atoms with Gasteiger partial charge in [-0.1, -0.05) is 78.4 Å². The van der Waals surface area contributed by atoms with E-state index in [1.165, 1.54) is 5.64 Å². The van der Waals surface area contributed by atoms with Crippen LogP contribution in [-0.4, -0.2) is 40.9 Å².